The molecule has 0 N–H and O–H groups in total. The minimum absolute atomic E-state index is 0.861. The first-order valence-electron chi connectivity index (χ1n) is 12.5. The van der Waals surface area contributed by atoms with E-state index in [9.17, 15) is 0 Å². The third kappa shape index (κ3) is 3.80. The Balaban J connectivity index is 1.43. The Hall–Kier alpha value is -5.22. The van der Waals surface area contributed by atoms with Gasteiger partial charge in [0.1, 0.15) is 0 Å². The minimum Gasteiger partial charge on any atom is -0.264 e. The second-order valence-electron chi connectivity index (χ2n) is 9.16. The summed E-state index contributed by atoms with van der Waals surface area (Å²) in [5.74, 6) is 0. The van der Waals surface area contributed by atoms with Gasteiger partial charge in [-0.15, -0.1) is 0 Å². The fraction of sp³-hybridized carbons (Fsp3) is 0. The predicted molar refractivity (Wildman–Crippen MR) is 154 cm³/mol. The van der Waals surface area contributed by atoms with E-state index < -0.39 is 0 Å². The van der Waals surface area contributed by atoms with Gasteiger partial charge in [0.15, 0.2) is 0 Å². The van der Waals surface area contributed by atoms with E-state index in [1.165, 1.54) is 32.7 Å². The molecule has 38 heavy (non-hydrogen) atoms. The molecular formula is C34H22N4. The standard InChI is InChI=1S/C34H22N4/c1-3-11-28-26(9-1)33(24-14-16-30(37-21-24)23-8-7-18-35-20-23)27-10-2-4-12-29(27)34(28)25-15-17-32(38-22-25)31-13-5-6-19-36-31/h1-22H. The molecule has 4 aromatic heterocycles. The zero-order chi connectivity index (χ0) is 25.3. The molecule has 4 nitrogen and oxygen atoms in total. The lowest BCUT2D eigenvalue weighted by Gasteiger charge is -2.17. The van der Waals surface area contributed by atoms with Crippen LogP contribution in [0.15, 0.2) is 134 Å². The first-order chi connectivity index (χ1) is 18.9. The summed E-state index contributed by atoms with van der Waals surface area (Å²) in [6, 6.07) is 35.5. The summed E-state index contributed by atoms with van der Waals surface area (Å²) in [6.07, 6.45) is 9.35. The Morgan fingerprint density at radius 1 is 0.342 bits per heavy atom. The number of pyridine rings is 4. The van der Waals surface area contributed by atoms with Crippen LogP contribution < -0.4 is 0 Å². The van der Waals surface area contributed by atoms with E-state index in [4.69, 9.17) is 9.97 Å². The van der Waals surface area contributed by atoms with Crippen LogP contribution in [0, 0.1) is 0 Å². The Kier molecular flexibility index (Phi) is 5.41. The lowest BCUT2D eigenvalue weighted by Crippen LogP contribution is -1.93. The predicted octanol–water partition coefficient (Wildman–Crippen LogP) is 8.24. The van der Waals surface area contributed by atoms with Crippen molar-refractivity contribution in [3.63, 3.8) is 0 Å². The molecule has 0 amide bonds. The molecule has 4 heteroatoms. The first-order valence-corrected chi connectivity index (χ1v) is 12.5. The maximum Gasteiger partial charge on any atom is 0.0886 e. The van der Waals surface area contributed by atoms with E-state index in [2.05, 4.69) is 82.8 Å². The van der Waals surface area contributed by atoms with E-state index in [0.717, 1.165) is 33.8 Å². The van der Waals surface area contributed by atoms with Crippen LogP contribution >= 0.6 is 0 Å². The molecule has 0 saturated carbocycles. The van der Waals surface area contributed by atoms with Crippen molar-refractivity contribution < 1.29 is 0 Å². The Morgan fingerprint density at radius 3 is 1.37 bits per heavy atom. The molecule has 0 aliphatic heterocycles. The van der Waals surface area contributed by atoms with E-state index in [0.29, 0.717) is 0 Å². The van der Waals surface area contributed by atoms with Gasteiger partial charge in [-0.25, -0.2) is 0 Å². The minimum atomic E-state index is 0.861. The SMILES string of the molecule is c1ccc(-c2ccc(-c3c4ccccc4c(-c4ccc(-c5cccnc5)nc4)c4ccccc34)cn2)nc1. The van der Waals surface area contributed by atoms with Gasteiger partial charge >= 0.3 is 0 Å². The lowest BCUT2D eigenvalue weighted by atomic mass is 9.86. The number of benzene rings is 3. The molecule has 3 aromatic carbocycles. The van der Waals surface area contributed by atoms with Crippen molar-refractivity contribution in [3.05, 3.63) is 134 Å². The van der Waals surface area contributed by atoms with Crippen molar-refractivity contribution >= 4 is 21.5 Å². The molecule has 0 radical (unpaired) electrons. The summed E-state index contributed by atoms with van der Waals surface area (Å²) in [5, 5.41) is 4.74. The number of aromatic nitrogens is 4. The zero-order valence-electron chi connectivity index (χ0n) is 20.5. The third-order valence-electron chi connectivity index (χ3n) is 6.92. The van der Waals surface area contributed by atoms with Crippen molar-refractivity contribution in [2.24, 2.45) is 0 Å². The van der Waals surface area contributed by atoms with E-state index in [1.807, 2.05) is 48.9 Å². The number of hydrogen-bond acceptors (Lipinski definition) is 4. The molecule has 7 aromatic rings. The van der Waals surface area contributed by atoms with E-state index in [-0.39, 0.29) is 0 Å². The molecule has 7 rings (SSSR count). The number of nitrogens with zero attached hydrogens (tertiary/aromatic N) is 4. The van der Waals surface area contributed by atoms with Crippen molar-refractivity contribution in [2.45, 2.75) is 0 Å². The molecule has 0 aliphatic rings. The molecule has 0 spiro atoms. The highest BCUT2D eigenvalue weighted by Gasteiger charge is 2.17. The van der Waals surface area contributed by atoms with Gasteiger partial charge in [-0.05, 0) is 69.1 Å². The Morgan fingerprint density at radius 2 is 0.895 bits per heavy atom. The lowest BCUT2D eigenvalue weighted by molar-refractivity contribution is 1.25. The van der Waals surface area contributed by atoms with Crippen LogP contribution in [0.25, 0.3) is 66.4 Å². The van der Waals surface area contributed by atoms with Crippen LogP contribution in [0.4, 0.5) is 0 Å². The first kappa shape index (κ1) is 22.0. The van der Waals surface area contributed by atoms with Crippen molar-refractivity contribution in [3.8, 4) is 44.9 Å². The maximum absolute atomic E-state index is 4.80. The average molecular weight is 487 g/mol. The van der Waals surface area contributed by atoms with Crippen LogP contribution in [0.3, 0.4) is 0 Å². The van der Waals surface area contributed by atoms with Crippen molar-refractivity contribution in [1.82, 2.24) is 19.9 Å². The Bertz CT molecular complexity index is 1680. The highest BCUT2D eigenvalue weighted by Crippen LogP contribution is 2.43. The molecule has 0 bridgehead atoms. The fourth-order valence-corrected chi connectivity index (χ4v) is 5.18. The quantitative estimate of drug-likeness (QED) is 0.235. The van der Waals surface area contributed by atoms with Crippen LogP contribution in [0.5, 0.6) is 0 Å². The van der Waals surface area contributed by atoms with E-state index in [1.54, 1.807) is 12.4 Å². The number of fused-ring (bicyclic) bond motifs is 2. The number of hydrogen-bond donors (Lipinski definition) is 0. The summed E-state index contributed by atoms with van der Waals surface area (Å²) in [5.41, 5.74) is 8.17. The van der Waals surface area contributed by atoms with Gasteiger partial charge in [0, 0.05) is 47.7 Å². The summed E-state index contributed by atoms with van der Waals surface area (Å²) >= 11 is 0. The van der Waals surface area contributed by atoms with Crippen molar-refractivity contribution in [2.75, 3.05) is 0 Å². The van der Waals surface area contributed by atoms with Crippen molar-refractivity contribution in [1.29, 1.82) is 0 Å². The molecule has 0 fully saturated rings. The summed E-state index contributed by atoms with van der Waals surface area (Å²) < 4.78 is 0. The molecule has 0 unspecified atom stereocenters. The smallest absolute Gasteiger partial charge is 0.0886 e. The highest BCUT2D eigenvalue weighted by atomic mass is 14.8. The molecule has 0 saturated heterocycles. The third-order valence-corrected chi connectivity index (χ3v) is 6.92. The summed E-state index contributed by atoms with van der Waals surface area (Å²) in [7, 11) is 0. The van der Waals surface area contributed by atoms with Gasteiger partial charge in [0.2, 0.25) is 0 Å². The second kappa shape index (κ2) is 9.34. The normalized spacial score (nSPS) is 11.2. The van der Waals surface area contributed by atoms with Gasteiger partial charge in [-0.1, -0.05) is 66.7 Å². The largest absolute Gasteiger partial charge is 0.264 e. The van der Waals surface area contributed by atoms with Crippen LogP contribution in [0.2, 0.25) is 0 Å². The Labute approximate surface area is 220 Å². The van der Waals surface area contributed by atoms with Gasteiger partial charge in [0.25, 0.3) is 0 Å². The molecule has 178 valence electrons. The number of rotatable bonds is 4. The van der Waals surface area contributed by atoms with Gasteiger partial charge < -0.3 is 0 Å². The topological polar surface area (TPSA) is 51.6 Å². The average Bonchev–Trinajstić information content (AvgIpc) is 3.01. The molecule has 4 heterocycles. The second-order valence-corrected chi connectivity index (χ2v) is 9.16. The monoisotopic (exact) mass is 486 g/mol. The van der Waals surface area contributed by atoms with Crippen LogP contribution in [-0.2, 0) is 0 Å². The van der Waals surface area contributed by atoms with E-state index >= 15 is 0 Å². The van der Waals surface area contributed by atoms with Gasteiger partial charge in [-0.3, -0.25) is 19.9 Å². The highest BCUT2D eigenvalue weighted by molar-refractivity contribution is 6.21. The summed E-state index contributed by atoms with van der Waals surface area (Å²) in [6.45, 7) is 0. The summed E-state index contributed by atoms with van der Waals surface area (Å²) in [4.78, 5) is 18.3. The molecule has 0 atom stereocenters. The van der Waals surface area contributed by atoms with Gasteiger partial charge in [0.05, 0.1) is 17.1 Å². The van der Waals surface area contributed by atoms with Crippen LogP contribution in [-0.4, -0.2) is 19.9 Å². The fourth-order valence-electron chi connectivity index (χ4n) is 5.18. The molecular weight excluding hydrogens is 464 g/mol. The zero-order valence-corrected chi connectivity index (χ0v) is 20.5. The van der Waals surface area contributed by atoms with Crippen LogP contribution in [0.1, 0.15) is 0 Å². The van der Waals surface area contributed by atoms with Gasteiger partial charge in [-0.2, -0.15) is 0 Å². The molecule has 0 aliphatic carbocycles. The maximum atomic E-state index is 4.80.